The number of aliphatic hydroxyl groups excluding tert-OH is 1. The van der Waals surface area contributed by atoms with Gasteiger partial charge in [0.1, 0.15) is 6.10 Å². The summed E-state index contributed by atoms with van der Waals surface area (Å²) in [6, 6.07) is 5.19. The Balaban J connectivity index is 2.97. The van der Waals surface area contributed by atoms with Crippen LogP contribution in [-0.4, -0.2) is 35.2 Å². The summed E-state index contributed by atoms with van der Waals surface area (Å²) in [7, 11) is -3.89. The summed E-state index contributed by atoms with van der Waals surface area (Å²) in [4.78, 5) is 12.4. The molecule has 0 spiro atoms. The van der Waals surface area contributed by atoms with E-state index >= 15 is 0 Å². The molecule has 0 fully saturated rings. The highest BCUT2D eigenvalue weighted by Gasteiger charge is 2.36. The first-order valence-corrected chi connectivity index (χ1v) is 9.83. The number of halogens is 3. The molecule has 2 atom stereocenters. The second kappa shape index (κ2) is 8.34. The Morgan fingerprint density at radius 3 is 2.12 bits per heavy atom. The average Bonchev–Trinajstić information content (AvgIpc) is 2.43. The van der Waals surface area contributed by atoms with Gasteiger partial charge in [0.15, 0.2) is 5.78 Å². The molecule has 0 bridgehead atoms. The summed E-state index contributed by atoms with van der Waals surface area (Å²) >= 11 is 16.6. The van der Waals surface area contributed by atoms with E-state index in [0.29, 0.717) is 0 Å². The van der Waals surface area contributed by atoms with Crippen LogP contribution in [0.4, 0.5) is 0 Å². The number of sulfonamides is 1. The topological polar surface area (TPSA) is 83.5 Å². The van der Waals surface area contributed by atoms with Crippen molar-refractivity contribution in [3.05, 3.63) is 29.8 Å². The Hall–Kier alpha value is -0.370. The van der Waals surface area contributed by atoms with Crippen LogP contribution in [0.25, 0.3) is 0 Å². The van der Waals surface area contributed by atoms with Crippen LogP contribution in [0, 0.1) is 12.8 Å². The molecule has 0 heterocycles. The lowest BCUT2D eigenvalue weighted by molar-refractivity contribution is -0.123. The first kappa shape index (κ1) is 21.7. The van der Waals surface area contributed by atoms with Gasteiger partial charge in [-0.1, -0.05) is 66.3 Å². The number of aliphatic hydroxyl groups is 1. The lowest BCUT2D eigenvalue weighted by atomic mass is 9.97. The fourth-order valence-electron chi connectivity index (χ4n) is 1.96. The highest BCUT2D eigenvalue weighted by Crippen LogP contribution is 2.32. The normalized spacial score (nSPS) is 15.3. The number of nitrogens with one attached hydrogen (secondary N) is 1. The molecular weight excluding hydrogens is 397 g/mol. The van der Waals surface area contributed by atoms with Gasteiger partial charge in [-0.2, -0.15) is 0 Å². The van der Waals surface area contributed by atoms with Crippen molar-refractivity contribution in [3.63, 3.8) is 0 Å². The average molecular weight is 417 g/mol. The second-order valence-electron chi connectivity index (χ2n) is 5.88. The zero-order chi connectivity index (χ0) is 18.7. The molecule has 0 aromatic heterocycles. The molecule has 0 saturated heterocycles. The summed E-state index contributed by atoms with van der Waals surface area (Å²) in [6.07, 6.45) is -2.00. The molecule has 0 amide bonds. The van der Waals surface area contributed by atoms with Gasteiger partial charge in [-0.15, -0.1) is 0 Å². The molecule has 1 unspecified atom stereocenters. The monoisotopic (exact) mass is 415 g/mol. The van der Waals surface area contributed by atoms with Gasteiger partial charge in [-0.3, -0.25) is 4.79 Å². The molecule has 1 rings (SSSR count). The van der Waals surface area contributed by atoms with E-state index in [1.54, 1.807) is 26.0 Å². The van der Waals surface area contributed by atoms with Crippen molar-refractivity contribution in [2.75, 3.05) is 0 Å². The van der Waals surface area contributed by atoms with Crippen molar-refractivity contribution in [2.45, 2.75) is 48.0 Å². The van der Waals surface area contributed by atoms with E-state index in [0.717, 1.165) is 5.56 Å². The number of ketones is 1. The zero-order valence-corrected chi connectivity index (χ0v) is 16.5. The predicted molar refractivity (Wildman–Crippen MR) is 96.0 cm³/mol. The van der Waals surface area contributed by atoms with E-state index in [2.05, 4.69) is 4.72 Å². The van der Waals surface area contributed by atoms with Gasteiger partial charge in [0.05, 0.1) is 10.9 Å². The predicted octanol–water partition coefficient (Wildman–Crippen LogP) is 2.99. The Morgan fingerprint density at radius 2 is 1.71 bits per heavy atom. The summed E-state index contributed by atoms with van der Waals surface area (Å²) in [6.45, 7) is 5.20. The van der Waals surface area contributed by atoms with Gasteiger partial charge in [0, 0.05) is 6.42 Å². The summed E-state index contributed by atoms with van der Waals surface area (Å²) in [5.74, 6) is -0.903. The zero-order valence-electron chi connectivity index (χ0n) is 13.5. The van der Waals surface area contributed by atoms with Crippen LogP contribution < -0.4 is 4.72 Å². The van der Waals surface area contributed by atoms with E-state index in [1.807, 2.05) is 6.92 Å². The molecule has 1 aromatic carbocycles. The Labute approximate surface area is 157 Å². The molecule has 5 nitrogen and oxygen atoms in total. The van der Waals surface area contributed by atoms with E-state index in [9.17, 15) is 18.3 Å². The SMILES string of the molecule is Cc1ccc(S(=O)(=O)N[C@H](C(=O)CC(O)C(Cl)(Cl)Cl)C(C)C)cc1. The molecule has 24 heavy (non-hydrogen) atoms. The van der Waals surface area contributed by atoms with E-state index < -0.39 is 38.2 Å². The molecule has 136 valence electrons. The number of alkyl halides is 3. The van der Waals surface area contributed by atoms with E-state index in [4.69, 9.17) is 34.8 Å². The van der Waals surface area contributed by atoms with Gasteiger partial charge in [-0.05, 0) is 25.0 Å². The Morgan fingerprint density at radius 1 is 1.21 bits per heavy atom. The third-order valence-corrected chi connectivity index (χ3v) is 5.61. The third kappa shape index (κ3) is 6.17. The maximum Gasteiger partial charge on any atom is 0.241 e. The van der Waals surface area contributed by atoms with E-state index in [1.165, 1.54) is 12.1 Å². The standard InChI is InChI=1S/C15H20Cl3NO4S/c1-9(2)14(12(20)8-13(21)15(16,17)18)19-24(22,23)11-6-4-10(3)5-7-11/h4-7,9,13-14,19,21H,8H2,1-3H3/t13?,14-/m0/s1. The number of hydrogen-bond acceptors (Lipinski definition) is 4. The minimum atomic E-state index is -3.89. The number of benzene rings is 1. The molecule has 0 radical (unpaired) electrons. The van der Waals surface area contributed by atoms with Gasteiger partial charge in [-0.25, -0.2) is 13.1 Å². The molecule has 1 aromatic rings. The quantitative estimate of drug-likeness (QED) is 0.669. The van der Waals surface area contributed by atoms with Gasteiger partial charge >= 0.3 is 0 Å². The fraction of sp³-hybridized carbons (Fsp3) is 0.533. The molecule has 0 saturated carbocycles. The van der Waals surface area contributed by atoms with Crippen molar-refractivity contribution < 1.29 is 18.3 Å². The van der Waals surface area contributed by atoms with E-state index in [-0.39, 0.29) is 10.8 Å². The molecule has 0 aliphatic carbocycles. The van der Waals surface area contributed by atoms with Crippen LogP contribution in [-0.2, 0) is 14.8 Å². The van der Waals surface area contributed by atoms with Crippen molar-refractivity contribution in [1.82, 2.24) is 4.72 Å². The van der Waals surface area contributed by atoms with Crippen molar-refractivity contribution >= 4 is 50.6 Å². The summed E-state index contributed by atoms with van der Waals surface area (Å²) < 4.78 is 25.2. The number of Topliss-reactive ketones (excluding diaryl/α,β-unsaturated/α-hetero) is 1. The maximum absolute atomic E-state index is 12.4. The van der Waals surface area contributed by atoms with Crippen LogP contribution in [0.5, 0.6) is 0 Å². The minimum absolute atomic E-state index is 0.0495. The van der Waals surface area contributed by atoms with Crippen LogP contribution >= 0.6 is 34.8 Å². The van der Waals surface area contributed by atoms with Gasteiger partial charge in [0.2, 0.25) is 13.8 Å². The van der Waals surface area contributed by atoms with Crippen LogP contribution in [0.3, 0.4) is 0 Å². The molecule has 0 aliphatic heterocycles. The van der Waals surface area contributed by atoms with Crippen LogP contribution in [0.15, 0.2) is 29.2 Å². The number of hydrogen-bond donors (Lipinski definition) is 2. The number of rotatable bonds is 7. The Bertz CT molecular complexity index is 669. The molecule has 9 heteroatoms. The van der Waals surface area contributed by atoms with Crippen molar-refractivity contribution in [2.24, 2.45) is 5.92 Å². The number of aryl methyl sites for hydroxylation is 1. The fourth-order valence-corrected chi connectivity index (χ4v) is 3.56. The number of carbonyl (C=O) groups excluding carboxylic acids is 1. The van der Waals surface area contributed by atoms with Crippen LogP contribution in [0.1, 0.15) is 25.8 Å². The first-order valence-electron chi connectivity index (χ1n) is 7.21. The lowest BCUT2D eigenvalue weighted by Gasteiger charge is -2.24. The highest BCUT2D eigenvalue weighted by molar-refractivity contribution is 7.89. The first-order chi connectivity index (χ1) is 10.8. The second-order valence-corrected chi connectivity index (χ2v) is 9.97. The smallest absolute Gasteiger partial charge is 0.241 e. The van der Waals surface area contributed by atoms with Gasteiger partial charge in [0.25, 0.3) is 0 Å². The van der Waals surface area contributed by atoms with Crippen molar-refractivity contribution in [3.8, 4) is 0 Å². The molecular formula is C15H20Cl3NO4S. The summed E-state index contributed by atoms with van der Waals surface area (Å²) in [5.41, 5.74) is 0.913. The lowest BCUT2D eigenvalue weighted by Crippen LogP contribution is -2.46. The minimum Gasteiger partial charge on any atom is -0.388 e. The van der Waals surface area contributed by atoms with Gasteiger partial charge < -0.3 is 5.11 Å². The van der Waals surface area contributed by atoms with Crippen molar-refractivity contribution in [1.29, 1.82) is 0 Å². The Kier molecular flexibility index (Phi) is 7.53. The maximum atomic E-state index is 12.4. The molecule has 2 N–H and O–H groups in total. The largest absolute Gasteiger partial charge is 0.388 e. The highest BCUT2D eigenvalue weighted by atomic mass is 35.6. The molecule has 0 aliphatic rings. The third-order valence-electron chi connectivity index (χ3n) is 3.40. The van der Waals surface area contributed by atoms with Crippen LogP contribution in [0.2, 0.25) is 0 Å². The summed E-state index contributed by atoms with van der Waals surface area (Å²) in [5, 5.41) is 9.74. The number of carbonyl (C=O) groups is 1.